The van der Waals surface area contributed by atoms with Gasteiger partial charge in [0.2, 0.25) is 10.0 Å². The Labute approximate surface area is 121 Å². The van der Waals surface area contributed by atoms with E-state index in [4.69, 9.17) is 10.5 Å². The van der Waals surface area contributed by atoms with Crippen LogP contribution >= 0.6 is 0 Å². The van der Waals surface area contributed by atoms with Gasteiger partial charge < -0.3 is 10.5 Å². The first-order chi connectivity index (χ1) is 9.52. The van der Waals surface area contributed by atoms with Crippen molar-refractivity contribution in [2.75, 3.05) is 19.7 Å². The molecule has 0 amide bonds. The molecule has 5 nitrogen and oxygen atoms in total. The minimum atomic E-state index is -3.13. The van der Waals surface area contributed by atoms with E-state index in [1.54, 1.807) is 4.31 Å². The second-order valence-corrected chi connectivity index (χ2v) is 8.87. The fraction of sp³-hybridized carbons (Fsp3) is 1.00. The first-order valence-electron chi connectivity index (χ1n) is 7.90. The lowest BCUT2D eigenvalue weighted by Crippen LogP contribution is -2.57. The van der Waals surface area contributed by atoms with E-state index in [0.29, 0.717) is 19.7 Å². The lowest BCUT2D eigenvalue weighted by atomic mass is 9.81. The van der Waals surface area contributed by atoms with Gasteiger partial charge >= 0.3 is 0 Å². The predicted molar refractivity (Wildman–Crippen MR) is 77.9 cm³/mol. The zero-order chi connectivity index (χ0) is 14.2. The topological polar surface area (TPSA) is 72.6 Å². The van der Waals surface area contributed by atoms with Gasteiger partial charge in [0.15, 0.2) is 0 Å². The lowest BCUT2D eigenvalue weighted by Gasteiger charge is -2.46. The number of hydrogen-bond acceptors (Lipinski definition) is 4. The first kappa shape index (κ1) is 14.8. The number of hydrogen-bond donors (Lipinski definition) is 1. The van der Waals surface area contributed by atoms with E-state index in [0.717, 1.165) is 51.4 Å². The molecule has 3 fully saturated rings. The standard InChI is InChI=1S/C14H26N2O3S/c15-12-5-7-14(8-6-12)11-16(9-10-19-14)20(17,18)13-3-1-2-4-13/h12-13H,1-11,15H2. The van der Waals surface area contributed by atoms with Gasteiger partial charge in [-0.1, -0.05) is 12.8 Å². The SMILES string of the molecule is NC1CCC2(CC1)CN(S(=O)(=O)C1CCCC1)CCO2. The molecule has 3 aliphatic rings. The number of sulfonamides is 1. The molecule has 3 rings (SSSR count). The number of rotatable bonds is 2. The molecule has 1 aliphatic heterocycles. The normalized spacial score (nSPS) is 37.5. The zero-order valence-electron chi connectivity index (χ0n) is 12.1. The van der Waals surface area contributed by atoms with Gasteiger partial charge in [-0.15, -0.1) is 0 Å². The summed E-state index contributed by atoms with van der Waals surface area (Å²) in [4.78, 5) is 0. The largest absolute Gasteiger partial charge is 0.372 e. The van der Waals surface area contributed by atoms with Crippen LogP contribution in [-0.2, 0) is 14.8 Å². The molecule has 0 aromatic heterocycles. The molecule has 6 heteroatoms. The van der Waals surface area contributed by atoms with E-state index in [1.165, 1.54) is 0 Å². The average molecular weight is 302 g/mol. The van der Waals surface area contributed by atoms with Gasteiger partial charge in [0.05, 0.1) is 17.5 Å². The van der Waals surface area contributed by atoms with Crippen molar-refractivity contribution >= 4 is 10.0 Å². The Kier molecular flexibility index (Phi) is 4.10. The molecule has 0 radical (unpaired) electrons. The summed E-state index contributed by atoms with van der Waals surface area (Å²) >= 11 is 0. The van der Waals surface area contributed by atoms with Gasteiger partial charge in [0, 0.05) is 19.1 Å². The highest BCUT2D eigenvalue weighted by atomic mass is 32.2. The Morgan fingerprint density at radius 3 is 2.40 bits per heavy atom. The highest BCUT2D eigenvalue weighted by molar-refractivity contribution is 7.89. The summed E-state index contributed by atoms with van der Waals surface area (Å²) in [6.07, 6.45) is 7.43. The van der Waals surface area contributed by atoms with Crippen LogP contribution in [0.2, 0.25) is 0 Å². The van der Waals surface area contributed by atoms with Crippen LogP contribution in [0.4, 0.5) is 0 Å². The Bertz CT molecular complexity index is 437. The van der Waals surface area contributed by atoms with Crippen LogP contribution in [0.3, 0.4) is 0 Å². The molecular weight excluding hydrogens is 276 g/mol. The molecule has 0 aromatic carbocycles. The fourth-order valence-corrected chi connectivity index (χ4v) is 5.99. The second-order valence-electron chi connectivity index (χ2n) is 6.65. The van der Waals surface area contributed by atoms with Crippen LogP contribution in [0.5, 0.6) is 0 Å². The monoisotopic (exact) mass is 302 g/mol. The van der Waals surface area contributed by atoms with Crippen LogP contribution in [0.1, 0.15) is 51.4 Å². The molecule has 0 bridgehead atoms. The molecule has 20 heavy (non-hydrogen) atoms. The summed E-state index contributed by atoms with van der Waals surface area (Å²) in [6.45, 7) is 1.59. The number of nitrogens with two attached hydrogens (primary N) is 1. The van der Waals surface area contributed by atoms with E-state index in [2.05, 4.69) is 0 Å². The van der Waals surface area contributed by atoms with E-state index in [1.807, 2.05) is 0 Å². The van der Waals surface area contributed by atoms with Gasteiger partial charge in [0.1, 0.15) is 0 Å². The third-order valence-electron chi connectivity index (χ3n) is 5.24. The minimum Gasteiger partial charge on any atom is -0.372 e. The maximum Gasteiger partial charge on any atom is 0.217 e. The second kappa shape index (κ2) is 5.55. The van der Waals surface area contributed by atoms with Crippen LogP contribution in [-0.4, -0.2) is 49.3 Å². The summed E-state index contributed by atoms with van der Waals surface area (Å²) < 4.78 is 33.1. The maximum absolute atomic E-state index is 12.7. The Balaban J connectivity index is 1.71. The minimum absolute atomic E-state index is 0.150. The highest BCUT2D eigenvalue weighted by Crippen LogP contribution is 2.36. The quantitative estimate of drug-likeness (QED) is 0.833. The van der Waals surface area contributed by atoms with Gasteiger partial charge in [-0.05, 0) is 38.5 Å². The molecule has 0 atom stereocenters. The molecular formula is C14H26N2O3S. The van der Waals surface area contributed by atoms with Gasteiger partial charge in [-0.2, -0.15) is 4.31 Å². The molecule has 1 heterocycles. The van der Waals surface area contributed by atoms with Crippen LogP contribution < -0.4 is 5.73 Å². The third-order valence-corrected chi connectivity index (χ3v) is 7.58. The van der Waals surface area contributed by atoms with E-state index in [-0.39, 0.29) is 16.9 Å². The Morgan fingerprint density at radius 2 is 1.75 bits per heavy atom. The van der Waals surface area contributed by atoms with Crippen molar-refractivity contribution in [3.63, 3.8) is 0 Å². The molecule has 116 valence electrons. The van der Waals surface area contributed by atoms with E-state index >= 15 is 0 Å². The summed E-state index contributed by atoms with van der Waals surface area (Å²) in [5.74, 6) is 0. The Hall–Kier alpha value is -0.170. The van der Waals surface area contributed by atoms with Crippen LogP contribution in [0, 0.1) is 0 Å². The number of nitrogens with zero attached hydrogens (tertiary/aromatic N) is 1. The molecule has 1 saturated heterocycles. The third kappa shape index (κ3) is 2.75. The summed E-state index contributed by atoms with van der Waals surface area (Å²) in [5.41, 5.74) is 5.69. The van der Waals surface area contributed by atoms with Gasteiger partial charge in [-0.25, -0.2) is 8.42 Å². The summed E-state index contributed by atoms with van der Waals surface area (Å²) in [7, 11) is -3.13. The van der Waals surface area contributed by atoms with Gasteiger partial charge in [0.25, 0.3) is 0 Å². The van der Waals surface area contributed by atoms with Crippen molar-refractivity contribution in [2.45, 2.75) is 68.3 Å². The smallest absolute Gasteiger partial charge is 0.217 e. The van der Waals surface area contributed by atoms with Crippen molar-refractivity contribution in [1.29, 1.82) is 0 Å². The lowest BCUT2D eigenvalue weighted by molar-refractivity contribution is -0.111. The fourth-order valence-electron chi connectivity index (χ4n) is 3.89. The molecule has 2 aliphatic carbocycles. The summed E-state index contributed by atoms with van der Waals surface area (Å²) in [6, 6.07) is 0.256. The van der Waals surface area contributed by atoms with Crippen molar-refractivity contribution < 1.29 is 13.2 Å². The highest BCUT2D eigenvalue weighted by Gasteiger charge is 2.44. The number of ether oxygens (including phenoxy) is 1. The first-order valence-corrected chi connectivity index (χ1v) is 9.41. The van der Waals surface area contributed by atoms with Gasteiger partial charge in [-0.3, -0.25) is 0 Å². The van der Waals surface area contributed by atoms with Crippen molar-refractivity contribution in [1.82, 2.24) is 4.31 Å². The van der Waals surface area contributed by atoms with Crippen LogP contribution in [0.25, 0.3) is 0 Å². The zero-order valence-corrected chi connectivity index (χ0v) is 12.9. The van der Waals surface area contributed by atoms with E-state index in [9.17, 15) is 8.42 Å². The van der Waals surface area contributed by atoms with Crippen molar-refractivity contribution in [2.24, 2.45) is 5.73 Å². The maximum atomic E-state index is 12.7. The van der Waals surface area contributed by atoms with E-state index < -0.39 is 10.0 Å². The summed E-state index contributed by atoms with van der Waals surface area (Å²) in [5, 5.41) is -0.150. The van der Waals surface area contributed by atoms with Crippen LogP contribution in [0.15, 0.2) is 0 Å². The number of morpholine rings is 1. The molecule has 2 N–H and O–H groups in total. The Morgan fingerprint density at radius 1 is 1.10 bits per heavy atom. The molecule has 2 saturated carbocycles. The molecule has 1 spiro atoms. The molecule has 0 unspecified atom stereocenters. The predicted octanol–water partition coefficient (Wildman–Crippen LogP) is 1.23. The average Bonchev–Trinajstić information content (AvgIpc) is 2.98. The molecule has 0 aromatic rings. The van der Waals surface area contributed by atoms with Crippen molar-refractivity contribution in [3.05, 3.63) is 0 Å². The van der Waals surface area contributed by atoms with Crippen molar-refractivity contribution in [3.8, 4) is 0 Å².